The second-order valence-corrected chi connectivity index (χ2v) is 9.66. The molecule has 8 heteroatoms. The number of hydrogen-bond acceptors (Lipinski definition) is 6. The van der Waals surface area contributed by atoms with E-state index in [2.05, 4.69) is 19.2 Å². The summed E-state index contributed by atoms with van der Waals surface area (Å²) in [4.78, 5) is 23.5. The standard InChI is InChI=1S/C22H28FN5OS/c1-15-24-21(30-25-15)27-9-5-18(6-10-27)26-11-7-22(8-12-26)14-28(16(2)29)20-4-3-17(23)13-19(20)22/h3-4,13,18H,5-12,14H2,1-2H3. The quantitative estimate of drug-likeness (QED) is 0.733. The highest BCUT2D eigenvalue weighted by Gasteiger charge is 2.46. The molecule has 6 nitrogen and oxygen atoms in total. The molecular weight excluding hydrogens is 401 g/mol. The highest BCUT2D eigenvalue weighted by Crippen LogP contribution is 2.47. The summed E-state index contributed by atoms with van der Waals surface area (Å²) in [6, 6.07) is 5.50. The lowest BCUT2D eigenvalue weighted by Crippen LogP contribution is -2.52. The highest BCUT2D eigenvalue weighted by atomic mass is 32.1. The Hall–Kier alpha value is -2.06. The topological polar surface area (TPSA) is 52.6 Å². The molecule has 1 aromatic carbocycles. The average molecular weight is 430 g/mol. The Morgan fingerprint density at radius 3 is 2.57 bits per heavy atom. The molecule has 0 unspecified atom stereocenters. The summed E-state index contributed by atoms with van der Waals surface area (Å²) in [5.74, 6) is 0.688. The van der Waals surface area contributed by atoms with Gasteiger partial charge in [-0.25, -0.2) is 9.37 Å². The van der Waals surface area contributed by atoms with Gasteiger partial charge in [0.2, 0.25) is 11.0 Å². The maximum Gasteiger partial charge on any atom is 0.223 e. The minimum absolute atomic E-state index is 0.0430. The van der Waals surface area contributed by atoms with Crippen LogP contribution < -0.4 is 9.80 Å². The maximum absolute atomic E-state index is 14.0. The van der Waals surface area contributed by atoms with Crippen LogP contribution in [-0.2, 0) is 10.2 Å². The Morgan fingerprint density at radius 2 is 1.93 bits per heavy atom. The molecule has 2 saturated heterocycles. The van der Waals surface area contributed by atoms with Crippen molar-refractivity contribution in [3.05, 3.63) is 35.4 Å². The first-order valence-electron chi connectivity index (χ1n) is 10.8. The van der Waals surface area contributed by atoms with Crippen molar-refractivity contribution in [3.8, 4) is 0 Å². The van der Waals surface area contributed by atoms with Crippen LogP contribution in [0.5, 0.6) is 0 Å². The van der Waals surface area contributed by atoms with E-state index in [1.807, 2.05) is 11.8 Å². The van der Waals surface area contributed by atoms with Gasteiger partial charge >= 0.3 is 0 Å². The van der Waals surface area contributed by atoms with Crippen molar-refractivity contribution in [3.63, 3.8) is 0 Å². The van der Waals surface area contributed by atoms with Gasteiger partial charge in [-0.3, -0.25) is 4.79 Å². The number of amides is 1. The number of hydrogen-bond donors (Lipinski definition) is 0. The van der Waals surface area contributed by atoms with Gasteiger partial charge in [0, 0.05) is 55.2 Å². The number of carbonyl (C=O) groups is 1. The predicted molar refractivity (Wildman–Crippen MR) is 117 cm³/mol. The molecule has 1 aromatic heterocycles. The number of benzene rings is 1. The fourth-order valence-electron chi connectivity index (χ4n) is 5.50. The van der Waals surface area contributed by atoms with Crippen LogP contribution in [0.1, 0.15) is 44.0 Å². The molecular formula is C22H28FN5OS. The first kappa shape index (κ1) is 19.9. The summed E-state index contributed by atoms with van der Waals surface area (Å²) in [5, 5.41) is 1.04. The van der Waals surface area contributed by atoms with Gasteiger partial charge in [0.1, 0.15) is 11.6 Å². The minimum atomic E-state index is -0.208. The summed E-state index contributed by atoms with van der Waals surface area (Å²) in [5.41, 5.74) is 1.82. The highest BCUT2D eigenvalue weighted by molar-refractivity contribution is 7.09. The number of halogens is 1. The van der Waals surface area contributed by atoms with Crippen molar-refractivity contribution >= 4 is 28.3 Å². The minimum Gasteiger partial charge on any atom is -0.347 e. The number of aromatic nitrogens is 2. The third-order valence-corrected chi connectivity index (χ3v) is 8.05. The van der Waals surface area contributed by atoms with Crippen LogP contribution in [-0.4, -0.2) is 58.9 Å². The van der Waals surface area contributed by atoms with E-state index in [1.165, 1.54) is 17.6 Å². The molecule has 3 aliphatic heterocycles. The van der Waals surface area contributed by atoms with Crippen LogP contribution >= 0.6 is 11.5 Å². The van der Waals surface area contributed by atoms with Crippen molar-refractivity contribution in [1.29, 1.82) is 0 Å². The number of rotatable bonds is 2. The van der Waals surface area contributed by atoms with E-state index in [9.17, 15) is 9.18 Å². The van der Waals surface area contributed by atoms with Gasteiger partial charge in [0.15, 0.2) is 0 Å². The van der Waals surface area contributed by atoms with Crippen molar-refractivity contribution < 1.29 is 9.18 Å². The van der Waals surface area contributed by atoms with Gasteiger partial charge in [-0.05, 0) is 69.5 Å². The van der Waals surface area contributed by atoms with Crippen LogP contribution in [0.4, 0.5) is 15.2 Å². The van der Waals surface area contributed by atoms with Crippen LogP contribution in [0.3, 0.4) is 0 Å². The van der Waals surface area contributed by atoms with Crippen LogP contribution in [0.15, 0.2) is 18.2 Å². The van der Waals surface area contributed by atoms with E-state index in [-0.39, 0.29) is 17.1 Å². The van der Waals surface area contributed by atoms with Crippen molar-refractivity contribution in [1.82, 2.24) is 14.3 Å². The lowest BCUT2D eigenvalue weighted by molar-refractivity contribution is -0.116. The van der Waals surface area contributed by atoms with E-state index in [0.29, 0.717) is 12.6 Å². The van der Waals surface area contributed by atoms with Gasteiger partial charge in [0.25, 0.3) is 0 Å². The van der Waals surface area contributed by atoms with E-state index in [1.54, 1.807) is 19.1 Å². The Kier molecular flexibility index (Phi) is 5.01. The van der Waals surface area contributed by atoms with Gasteiger partial charge in [0.05, 0.1) is 0 Å². The number of anilines is 2. The Balaban J connectivity index is 1.25. The fourth-order valence-corrected chi connectivity index (χ4v) is 6.23. The molecule has 1 spiro atoms. The first-order valence-corrected chi connectivity index (χ1v) is 11.6. The molecule has 3 aliphatic rings. The smallest absolute Gasteiger partial charge is 0.223 e. The summed E-state index contributed by atoms with van der Waals surface area (Å²) in [6.45, 7) is 8.28. The molecule has 0 bridgehead atoms. The number of carbonyl (C=O) groups excluding carboxylic acids is 1. The summed E-state index contributed by atoms with van der Waals surface area (Å²) < 4.78 is 18.4. The molecule has 5 rings (SSSR count). The number of nitrogens with zero attached hydrogens (tertiary/aromatic N) is 5. The predicted octanol–water partition coefficient (Wildman–Crippen LogP) is 3.35. The molecule has 0 saturated carbocycles. The van der Waals surface area contributed by atoms with E-state index in [0.717, 1.165) is 74.1 Å². The molecule has 0 aliphatic carbocycles. The summed E-state index contributed by atoms with van der Waals surface area (Å²) in [7, 11) is 0. The second kappa shape index (κ2) is 7.57. The van der Waals surface area contributed by atoms with Crippen LogP contribution in [0.25, 0.3) is 0 Å². The molecule has 160 valence electrons. The van der Waals surface area contributed by atoms with Gasteiger partial charge in [-0.1, -0.05) is 0 Å². The number of piperidine rings is 2. The van der Waals surface area contributed by atoms with E-state index in [4.69, 9.17) is 0 Å². The van der Waals surface area contributed by atoms with Crippen molar-refractivity contribution in [2.45, 2.75) is 51.0 Å². The molecule has 30 heavy (non-hydrogen) atoms. The molecule has 2 aromatic rings. The largest absolute Gasteiger partial charge is 0.347 e. The SMILES string of the molecule is CC(=O)N1CC2(CCN(C3CCN(c4nc(C)ns4)CC3)CC2)c2cc(F)ccc21. The lowest BCUT2D eigenvalue weighted by Gasteiger charge is -2.45. The van der Waals surface area contributed by atoms with E-state index >= 15 is 0 Å². The monoisotopic (exact) mass is 429 g/mol. The van der Waals surface area contributed by atoms with Crippen molar-refractivity contribution in [2.24, 2.45) is 0 Å². The normalized spacial score (nSPS) is 22.0. The van der Waals surface area contributed by atoms with Gasteiger partial charge < -0.3 is 14.7 Å². The Labute approximate surface area is 180 Å². The lowest BCUT2D eigenvalue weighted by atomic mass is 9.74. The maximum atomic E-state index is 14.0. The Bertz CT molecular complexity index is 947. The molecule has 1 amide bonds. The Morgan fingerprint density at radius 1 is 1.20 bits per heavy atom. The molecule has 4 heterocycles. The third-order valence-electron chi connectivity index (χ3n) is 7.19. The molecule has 0 atom stereocenters. The third kappa shape index (κ3) is 3.39. The first-order chi connectivity index (χ1) is 14.4. The number of aryl methyl sites for hydroxylation is 1. The zero-order valence-corrected chi connectivity index (χ0v) is 18.4. The van der Waals surface area contributed by atoms with Crippen molar-refractivity contribution in [2.75, 3.05) is 42.5 Å². The zero-order valence-electron chi connectivity index (χ0n) is 17.6. The summed E-state index contributed by atoms with van der Waals surface area (Å²) >= 11 is 1.49. The molecule has 0 radical (unpaired) electrons. The van der Waals surface area contributed by atoms with Crippen LogP contribution in [0.2, 0.25) is 0 Å². The van der Waals surface area contributed by atoms with Gasteiger partial charge in [-0.2, -0.15) is 4.37 Å². The molecule has 2 fully saturated rings. The zero-order chi connectivity index (χ0) is 20.9. The van der Waals surface area contributed by atoms with Crippen LogP contribution in [0, 0.1) is 12.7 Å². The fraction of sp³-hybridized carbons (Fsp3) is 0.591. The number of fused-ring (bicyclic) bond motifs is 2. The van der Waals surface area contributed by atoms with E-state index < -0.39 is 0 Å². The average Bonchev–Trinajstić information content (AvgIpc) is 3.31. The van der Waals surface area contributed by atoms with Gasteiger partial charge in [-0.15, -0.1) is 0 Å². The second-order valence-electron chi connectivity index (χ2n) is 8.93. The molecule has 0 N–H and O–H groups in total. The summed E-state index contributed by atoms with van der Waals surface area (Å²) in [6.07, 6.45) is 4.22. The number of likely N-dealkylation sites (tertiary alicyclic amines) is 1.